The van der Waals surface area contributed by atoms with Gasteiger partial charge in [0, 0.05) is 41.3 Å². The van der Waals surface area contributed by atoms with Crippen LogP contribution in [0.1, 0.15) is 78.7 Å². The number of hydrogen-bond acceptors (Lipinski definition) is 10. The number of likely N-dealkylation sites (N-methyl/N-ethyl adjacent to an activating group) is 1. The van der Waals surface area contributed by atoms with Crippen LogP contribution in [0.15, 0.2) is 30.3 Å². The van der Waals surface area contributed by atoms with Crippen molar-refractivity contribution in [3.05, 3.63) is 35.9 Å². The van der Waals surface area contributed by atoms with Gasteiger partial charge in [-0.3, -0.25) is 19.2 Å². The van der Waals surface area contributed by atoms with Crippen LogP contribution in [0, 0.1) is 11.8 Å². The molecule has 2 fully saturated rings. The summed E-state index contributed by atoms with van der Waals surface area (Å²) in [5.41, 5.74) is 0.121. The highest BCUT2D eigenvalue weighted by atomic mass is 16.5. The Kier molecular flexibility index (Phi) is 17.4. The van der Waals surface area contributed by atoms with Gasteiger partial charge in [-0.25, -0.2) is 4.79 Å². The number of carbonyl (C=O) groups is 5. The number of methoxy groups -OCH3 is 4. The lowest BCUT2D eigenvalue weighted by atomic mass is 9.92. The first-order valence-electron chi connectivity index (χ1n) is 19.3. The fourth-order valence-corrected chi connectivity index (χ4v) is 7.96. The van der Waals surface area contributed by atoms with E-state index in [2.05, 4.69) is 16.0 Å². The summed E-state index contributed by atoms with van der Waals surface area (Å²) >= 11 is 0. The van der Waals surface area contributed by atoms with Crippen LogP contribution in [0.3, 0.4) is 0 Å². The molecule has 3 rings (SSSR count). The maximum absolute atomic E-state index is 14.2. The lowest BCUT2D eigenvalue weighted by Crippen LogP contribution is -2.62. The molecule has 2 aliphatic heterocycles. The maximum Gasteiger partial charge on any atom is 0.328 e. The van der Waals surface area contributed by atoms with Crippen LogP contribution in [0.2, 0.25) is 0 Å². The van der Waals surface area contributed by atoms with E-state index in [1.54, 1.807) is 30.9 Å². The number of ether oxygens (including phenoxy) is 4. The van der Waals surface area contributed by atoms with Crippen LogP contribution < -0.4 is 16.0 Å². The normalized spacial score (nSPS) is 22.4. The number of hydrogen-bond donors (Lipinski definition) is 3. The number of nitrogens with zero attached hydrogens (tertiary/aromatic N) is 2. The molecule has 14 nitrogen and oxygen atoms in total. The number of nitrogens with one attached hydrogen (secondary N) is 3. The Labute approximate surface area is 321 Å². The summed E-state index contributed by atoms with van der Waals surface area (Å²) in [7, 11) is 7.55. The van der Waals surface area contributed by atoms with Gasteiger partial charge in [0.25, 0.3) is 0 Å². The number of esters is 1. The van der Waals surface area contributed by atoms with Crippen LogP contribution in [0.25, 0.3) is 0 Å². The summed E-state index contributed by atoms with van der Waals surface area (Å²) in [6.45, 7) is 10.5. The second kappa shape index (κ2) is 20.9. The average molecular weight is 760 g/mol. The molecule has 2 aliphatic rings. The fourth-order valence-electron chi connectivity index (χ4n) is 7.96. The molecule has 0 aromatic heterocycles. The molecule has 0 radical (unpaired) electrons. The van der Waals surface area contributed by atoms with Gasteiger partial charge >= 0.3 is 5.97 Å². The molecule has 0 aliphatic carbocycles. The van der Waals surface area contributed by atoms with Gasteiger partial charge in [0.1, 0.15) is 12.1 Å². The average Bonchev–Trinajstić information content (AvgIpc) is 3.84. The van der Waals surface area contributed by atoms with E-state index in [1.807, 2.05) is 58.0 Å². The van der Waals surface area contributed by atoms with Gasteiger partial charge in [-0.1, -0.05) is 58.0 Å². The molecule has 0 saturated carbocycles. The SMILES string of the molecule is CC[C@H](OC)[C@@H]([C@@H](CC(=O)N1CCC[C@H]1[C@H](OC)[C@@H](C)C(=O)N[C@@H](Cc1ccccc1)C(=O)OC)OC)N(C)C(=O)[C@@H](NC(=O)[C@]1(C)CCCN1)C(C)C. The predicted octanol–water partition coefficient (Wildman–Crippen LogP) is 2.47. The highest BCUT2D eigenvalue weighted by molar-refractivity contribution is 5.92. The smallest absolute Gasteiger partial charge is 0.328 e. The van der Waals surface area contributed by atoms with Crippen LogP contribution in [0.5, 0.6) is 0 Å². The lowest BCUT2D eigenvalue weighted by molar-refractivity contribution is -0.151. The summed E-state index contributed by atoms with van der Waals surface area (Å²) in [6, 6.07) is 6.57. The second-order valence-electron chi connectivity index (χ2n) is 15.2. The first-order chi connectivity index (χ1) is 25.7. The van der Waals surface area contributed by atoms with E-state index < -0.39 is 65.8 Å². The molecule has 0 spiro atoms. The summed E-state index contributed by atoms with van der Waals surface area (Å²) in [5.74, 6) is -2.60. The zero-order valence-electron chi connectivity index (χ0n) is 34.0. The summed E-state index contributed by atoms with van der Waals surface area (Å²) in [6.07, 6.45) is 1.72. The van der Waals surface area contributed by atoms with Crippen molar-refractivity contribution >= 4 is 29.6 Å². The van der Waals surface area contributed by atoms with Crippen molar-refractivity contribution in [2.24, 2.45) is 11.8 Å². The topological polar surface area (TPSA) is 165 Å². The van der Waals surface area contributed by atoms with Crippen molar-refractivity contribution in [3.8, 4) is 0 Å². The van der Waals surface area contributed by atoms with E-state index in [4.69, 9.17) is 18.9 Å². The Morgan fingerprint density at radius 1 is 0.963 bits per heavy atom. The zero-order chi connectivity index (χ0) is 40.2. The summed E-state index contributed by atoms with van der Waals surface area (Å²) in [4.78, 5) is 71.5. The minimum Gasteiger partial charge on any atom is -0.467 e. The Morgan fingerprint density at radius 3 is 2.17 bits per heavy atom. The van der Waals surface area contributed by atoms with E-state index in [1.165, 1.54) is 21.3 Å². The minimum absolute atomic E-state index is 0.0612. The monoisotopic (exact) mass is 759 g/mol. The van der Waals surface area contributed by atoms with Crippen molar-refractivity contribution in [1.82, 2.24) is 25.8 Å². The van der Waals surface area contributed by atoms with Crippen molar-refractivity contribution < 1.29 is 42.9 Å². The summed E-state index contributed by atoms with van der Waals surface area (Å²) < 4.78 is 22.8. The molecule has 4 amide bonds. The first kappa shape index (κ1) is 44.8. The van der Waals surface area contributed by atoms with Crippen molar-refractivity contribution in [3.63, 3.8) is 0 Å². The number of amides is 4. The van der Waals surface area contributed by atoms with Crippen LogP contribution in [0.4, 0.5) is 0 Å². The molecule has 3 N–H and O–H groups in total. The number of carbonyl (C=O) groups excluding carboxylic acids is 5. The third-order valence-corrected chi connectivity index (χ3v) is 11.3. The predicted molar refractivity (Wildman–Crippen MR) is 204 cm³/mol. The molecule has 2 heterocycles. The standard InChI is InChI=1S/C40H65N5O9/c1-11-30(51-7)34(44(6)37(48)33(25(2)3)43-39(50)40(5)20-16-21-41-40)31(52-8)24-32(46)45-22-15-19-29(45)35(53-9)26(4)36(47)42-28(38(49)54-10)23-27-17-13-12-14-18-27/h12-14,17-18,25-26,28-31,33-35,41H,11,15-16,19-24H2,1-10H3,(H,42,47)(H,43,50)/t26-,28+,29+,30+,31-,33+,34+,35-,40+/m1/s1. The molecule has 1 aromatic carbocycles. The van der Waals surface area contributed by atoms with E-state index in [0.717, 1.165) is 18.5 Å². The van der Waals surface area contributed by atoms with Gasteiger partial charge in [0.2, 0.25) is 23.6 Å². The minimum atomic E-state index is -0.899. The number of rotatable bonds is 20. The molecule has 9 atom stereocenters. The quantitative estimate of drug-likeness (QED) is 0.168. The third kappa shape index (κ3) is 11.0. The molecule has 14 heteroatoms. The highest BCUT2D eigenvalue weighted by Crippen LogP contribution is 2.29. The van der Waals surface area contributed by atoms with Gasteiger partial charge in [-0.2, -0.15) is 0 Å². The number of likely N-dealkylation sites (tertiary alicyclic amines) is 1. The van der Waals surface area contributed by atoms with Crippen LogP contribution >= 0.6 is 0 Å². The Bertz CT molecular complexity index is 1380. The fraction of sp³-hybridized carbons (Fsp3) is 0.725. The van der Waals surface area contributed by atoms with Crippen LogP contribution in [-0.2, 0) is 49.3 Å². The molecule has 0 unspecified atom stereocenters. The Balaban J connectivity index is 1.79. The molecule has 54 heavy (non-hydrogen) atoms. The van der Waals surface area contributed by atoms with Gasteiger partial charge in [-0.15, -0.1) is 0 Å². The van der Waals surface area contributed by atoms with E-state index in [9.17, 15) is 24.0 Å². The second-order valence-corrected chi connectivity index (χ2v) is 15.2. The third-order valence-electron chi connectivity index (χ3n) is 11.3. The van der Waals surface area contributed by atoms with E-state index >= 15 is 0 Å². The van der Waals surface area contributed by atoms with E-state index in [-0.39, 0.29) is 36.5 Å². The largest absolute Gasteiger partial charge is 0.467 e. The maximum atomic E-state index is 14.2. The van der Waals surface area contributed by atoms with E-state index in [0.29, 0.717) is 32.2 Å². The molecule has 304 valence electrons. The van der Waals surface area contributed by atoms with Gasteiger partial charge in [-0.05, 0) is 57.1 Å². The molecular formula is C40H65N5O9. The molecular weight excluding hydrogens is 694 g/mol. The first-order valence-corrected chi connectivity index (χ1v) is 19.3. The highest BCUT2D eigenvalue weighted by Gasteiger charge is 2.45. The number of benzene rings is 1. The lowest BCUT2D eigenvalue weighted by Gasteiger charge is -2.41. The Hall–Kier alpha value is -3.59. The molecule has 2 saturated heterocycles. The zero-order valence-corrected chi connectivity index (χ0v) is 34.0. The van der Waals surface area contributed by atoms with Gasteiger partial charge in [0.15, 0.2) is 0 Å². The van der Waals surface area contributed by atoms with Gasteiger partial charge < -0.3 is 44.7 Å². The molecule has 1 aromatic rings. The van der Waals surface area contributed by atoms with Gasteiger partial charge in [0.05, 0.1) is 55.4 Å². The molecule has 0 bridgehead atoms. The van der Waals surface area contributed by atoms with Crippen molar-refractivity contribution in [1.29, 1.82) is 0 Å². The van der Waals surface area contributed by atoms with Crippen LogP contribution in [-0.4, -0.2) is 136 Å². The summed E-state index contributed by atoms with van der Waals surface area (Å²) in [5, 5.41) is 9.12. The Morgan fingerprint density at radius 2 is 1.63 bits per heavy atom. The van der Waals surface area contributed by atoms with Crippen molar-refractivity contribution in [2.45, 2.75) is 128 Å². The van der Waals surface area contributed by atoms with Crippen molar-refractivity contribution in [2.75, 3.05) is 48.6 Å².